The van der Waals surface area contributed by atoms with E-state index in [0.29, 0.717) is 0 Å². The fourth-order valence-electron chi connectivity index (χ4n) is 3.01. The highest BCUT2D eigenvalue weighted by atomic mass is 15.4. The highest BCUT2D eigenvalue weighted by Crippen LogP contribution is 2.15. The molecule has 6 heteroatoms. The number of unbranched alkanes of at least 4 members (excludes halogenated alkanes) is 3. The molecule has 3 rings (SSSR count). The van der Waals surface area contributed by atoms with Crippen molar-refractivity contribution in [2.45, 2.75) is 46.5 Å². The quantitative estimate of drug-likeness (QED) is 0.351. The van der Waals surface area contributed by atoms with Crippen LogP contribution in [0, 0.1) is 18.8 Å². The standard InChI is InChI=1S/C22H28N6/c1-4-5-6-7-8-9-19-10-12-20(13-11-19)28-18(3)21(16-25-28)17(2)26-27-22-23-14-15-24-22/h10-13,16H,4-7,14-15H2,1-3H3,(H2,23,24,27)/b26-17+. The highest BCUT2D eigenvalue weighted by Gasteiger charge is 2.11. The Balaban J connectivity index is 1.68. The average molecular weight is 377 g/mol. The molecule has 0 spiro atoms. The number of rotatable bonds is 6. The van der Waals surface area contributed by atoms with E-state index in [1.54, 1.807) is 0 Å². The molecule has 0 fully saturated rings. The van der Waals surface area contributed by atoms with Gasteiger partial charge in [0.1, 0.15) is 0 Å². The van der Waals surface area contributed by atoms with Gasteiger partial charge in [-0.1, -0.05) is 31.6 Å². The van der Waals surface area contributed by atoms with Gasteiger partial charge in [-0.05, 0) is 44.5 Å². The Morgan fingerprint density at radius 2 is 2.11 bits per heavy atom. The highest BCUT2D eigenvalue weighted by molar-refractivity contribution is 6.00. The summed E-state index contributed by atoms with van der Waals surface area (Å²) in [6.07, 6.45) is 6.47. The lowest BCUT2D eigenvalue weighted by Gasteiger charge is -2.06. The molecule has 2 aromatic rings. The van der Waals surface area contributed by atoms with Crippen molar-refractivity contribution in [3.8, 4) is 17.5 Å². The second kappa shape index (κ2) is 9.75. The smallest absolute Gasteiger partial charge is 0.212 e. The van der Waals surface area contributed by atoms with Crippen LogP contribution in [0.4, 0.5) is 0 Å². The molecular weight excluding hydrogens is 348 g/mol. The second-order valence-electron chi connectivity index (χ2n) is 6.83. The number of hydrogen-bond donors (Lipinski definition) is 2. The van der Waals surface area contributed by atoms with Gasteiger partial charge in [0.15, 0.2) is 0 Å². The van der Waals surface area contributed by atoms with Gasteiger partial charge in [-0.25, -0.2) is 15.1 Å². The molecule has 28 heavy (non-hydrogen) atoms. The van der Waals surface area contributed by atoms with E-state index in [4.69, 9.17) is 0 Å². The fraction of sp³-hybridized carbons (Fsp3) is 0.409. The number of hydrogen-bond acceptors (Lipinski definition) is 5. The largest absolute Gasteiger partial charge is 0.353 e. The molecule has 0 aliphatic carbocycles. The van der Waals surface area contributed by atoms with Crippen molar-refractivity contribution >= 4 is 11.7 Å². The van der Waals surface area contributed by atoms with Crippen LogP contribution in [0.5, 0.6) is 0 Å². The zero-order valence-electron chi connectivity index (χ0n) is 16.9. The predicted octanol–water partition coefficient (Wildman–Crippen LogP) is 3.39. The van der Waals surface area contributed by atoms with Crippen molar-refractivity contribution in [3.05, 3.63) is 47.3 Å². The van der Waals surface area contributed by atoms with Crippen molar-refractivity contribution in [2.24, 2.45) is 10.1 Å². The van der Waals surface area contributed by atoms with E-state index in [1.807, 2.05) is 24.7 Å². The van der Waals surface area contributed by atoms with Gasteiger partial charge in [0.25, 0.3) is 0 Å². The number of aliphatic imine (C=N–C) groups is 1. The fourth-order valence-corrected chi connectivity index (χ4v) is 3.01. The Morgan fingerprint density at radius 1 is 1.29 bits per heavy atom. The molecule has 0 saturated carbocycles. The Labute approximate surface area is 167 Å². The third-order valence-electron chi connectivity index (χ3n) is 4.65. The van der Waals surface area contributed by atoms with Crippen molar-refractivity contribution in [2.75, 3.05) is 13.1 Å². The lowest BCUT2D eigenvalue weighted by atomic mass is 10.1. The monoisotopic (exact) mass is 376 g/mol. The molecule has 1 aromatic carbocycles. The number of nitrogens with one attached hydrogen (secondary N) is 2. The molecule has 2 heterocycles. The first-order valence-electron chi connectivity index (χ1n) is 9.92. The summed E-state index contributed by atoms with van der Waals surface area (Å²) in [5.41, 5.74) is 7.95. The molecule has 1 aromatic heterocycles. The first kappa shape index (κ1) is 19.7. The van der Waals surface area contributed by atoms with Crippen LogP contribution < -0.4 is 10.7 Å². The van der Waals surface area contributed by atoms with Crippen LogP contribution in [-0.2, 0) is 0 Å². The van der Waals surface area contributed by atoms with E-state index in [-0.39, 0.29) is 0 Å². The first-order valence-corrected chi connectivity index (χ1v) is 9.92. The van der Waals surface area contributed by atoms with Crippen LogP contribution in [0.1, 0.15) is 56.4 Å². The lowest BCUT2D eigenvalue weighted by molar-refractivity contribution is 0.737. The molecule has 1 aliphatic heterocycles. The maximum atomic E-state index is 4.54. The number of nitrogens with zero attached hydrogens (tertiary/aromatic N) is 4. The topological polar surface area (TPSA) is 66.6 Å². The summed E-state index contributed by atoms with van der Waals surface area (Å²) in [6, 6.07) is 8.22. The first-order chi connectivity index (χ1) is 13.7. The molecule has 0 unspecified atom stereocenters. The predicted molar refractivity (Wildman–Crippen MR) is 115 cm³/mol. The Kier molecular flexibility index (Phi) is 6.85. The van der Waals surface area contributed by atoms with Crippen molar-refractivity contribution in [1.82, 2.24) is 20.5 Å². The van der Waals surface area contributed by atoms with Gasteiger partial charge in [-0.15, -0.1) is 0 Å². The van der Waals surface area contributed by atoms with Gasteiger partial charge < -0.3 is 5.32 Å². The summed E-state index contributed by atoms with van der Waals surface area (Å²) in [5.74, 6) is 7.21. The molecule has 0 radical (unpaired) electrons. The third kappa shape index (κ3) is 5.01. The van der Waals surface area contributed by atoms with E-state index in [9.17, 15) is 0 Å². The Hall–Kier alpha value is -3.07. The van der Waals surface area contributed by atoms with Crippen LogP contribution in [0.2, 0.25) is 0 Å². The summed E-state index contributed by atoms with van der Waals surface area (Å²) in [6.45, 7) is 7.86. The zero-order chi connectivity index (χ0) is 19.8. The molecule has 146 valence electrons. The van der Waals surface area contributed by atoms with Gasteiger partial charge in [0, 0.05) is 24.1 Å². The third-order valence-corrected chi connectivity index (χ3v) is 4.65. The summed E-state index contributed by atoms with van der Waals surface area (Å²) >= 11 is 0. The Bertz CT molecular complexity index is 909. The molecule has 1 aliphatic rings. The van der Waals surface area contributed by atoms with E-state index in [0.717, 1.165) is 53.7 Å². The average Bonchev–Trinajstić information content (AvgIpc) is 3.36. The molecule has 0 amide bonds. The summed E-state index contributed by atoms with van der Waals surface area (Å²) in [4.78, 5) is 4.28. The van der Waals surface area contributed by atoms with Crippen LogP contribution in [0.3, 0.4) is 0 Å². The molecule has 0 atom stereocenters. The van der Waals surface area contributed by atoms with E-state index >= 15 is 0 Å². The summed E-state index contributed by atoms with van der Waals surface area (Å²) in [5, 5.41) is 12.1. The SMILES string of the molecule is CCCCCC#Cc1ccc(-n2ncc(/C(C)=N/NC3=NCCN3)c2C)cc1. The maximum absolute atomic E-state index is 4.54. The van der Waals surface area contributed by atoms with Crippen LogP contribution in [-0.4, -0.2) is 34.5 Å². The van der Waals surface area contributed by atoms with Crippen molar-refractivity contribution < 1.29 is 0 Å². The minimum absolute atomic E-state index is 0.718. The minimum Gasteiger partial charge on any atom is -0.353 e. The molecule has 0 saturated heterocycles. The molecular formula is C22H28N6. The van der Waals surface area contributed by atoms with Gasteiger partial charge >= 0.3 is 0 Å². The molecule has 0 bridgehead atoms. The number of guanidine groups is 1. The summed E-state index contributed by atoms with van der Waals surface area (Å²) < 4.78 is 1.93. The summed E-state index contributed by atoms with van der Waals surface area (Å²) in [7, 11) is 0. The lowest BCUT2D eigenvalue weighted by Crippen LogP contribution is -2.30. The minimum atomic E-state index is 0.718. The van der Waals surface area contributed by atoms with Gasteiger partial charge in [-0.3, -0.25) is 0 Å². The van der Waals surface area contributed by atoms with E-state index < -0.39 is 0 Å². The van der Waals surface area contributed by atoms with Gasteiger partial charge in [0.2, 0.25) is 5.96 Å². The van der Waals surface area contributed by atoms with Gasteiger partial charge in [-0.2, -0.15) is 10.2 Å². The normalized spacial score (nSPS) is 13.5. The maximum Gasteiger partial charge on any atom is 0.212 e. The van der Waals surface area contributed by atoms with E-state index in [2.05, 4.69) is 69.0 Å². The second-order valence-corrected chi connectivity index (χ2v) is 6.83. The zero-order valence-corrected chi connectivity index (χ0v) is 16.9. The number of hydrazone groups is 1. The number of aromatic nitrogens is 2. The van der Waals surface area contributed by atoms with Crippen molar-refractivity contribution in [1.29, 1.82) is 0 Å². The van der Waals surface area contributed by atoms with Crippen LogP contribution in [0.15, 0.2) is 40.6 Å². The van der Waals surface area contributed by atoms with Crippen LogP contribution in [0.25, 0.3) is 5.69 Å². The van der Waals surface area contributed by atoms with Gasteiger partial charge in [0.05, 0.1) is 29.8 Å². The Morgan fingerprint density at radius 3 is 2.82 bits per heavy atom. The molecule has 2 N–H and O–H groups in total. The molecule has 6 nitrogen and oxygen atoms in total. The van der Waals surface area contributed by atoms with E-state index in [1.165, 1.54) is 19.3 Å². The number of benzene rings is 1. The van der Waals surface area contributed by atoms with Crippen molar-refractivity contribution in [3.63, 3.8) is 0 Å². The van der Waals surface area contributed by atoms with Crippen LogP contribution >= 0.6 is 0 Å².